The maximum atomic E-state index is 9.78. The van der Waals surface area contributed by atoms with Gasteiger partial charge in [0.05, 0.1) is 0 Å². The van der Waals surface area contributed by atoms with Gasteiger partial charge in [-0.1, -0.05) is 64.5 Å². The second kappa shape index (κ2) is 9.31. The third kappa shape index (κ3) is 5.14. The minimum atomic E-state index is -1.74. The molecule has 3 aliphatic carbocycles. The van der Waals surface area contributed by atoms with Crippen molar-refractivity contribution < 1.29 is 9.53 Å². The minimum absolute atomic E-state index is 0.255. The van der Waals surface area contributed by atoms with E-state index in [-0.39, 0.29) is 5.04 Å². The maximum absolute atomic E-state index is 9.78. The van der Waals surface area contributed by atoms with Gasteiger partial charge in [-0.15, -0.1) is 0 Å². The van der Waals surface area contributed by atoms with Crippen LogP contribution >= 0.6 is 0 Å². The Balaban J connectivity index is 1.75. The lowest BCUT2D eigenvalue weighted by molar-refractivity contribution is 0.0690. The monoisotopic (exact) mass is 444 g/mol. The molecule has 3 saturated carbocycles. The predicted molar refractivity (Wildman–Crippen MR) is 136 cm³/mol. The summed E-state index contributed by atoms with van der Waals surface area (Å²) in [5.74, 6) is 1.76. The zero-order valence-corrected chi connectivity index (χ0v) is 22.4. The summed E-state index contributed by atoms with van der Waals surface area (Å²) in [4.78, 5) is 0. The van der Waals surface area contributed by atoms with Crippen LogP contribution in [0, 0.1) is 23.2 Å². The van der Waals surface area contributed by atoms with E-state index < -0.39 is 8.32 Å². The Bertz CT molecular complexity index is 726. The Morgan fingerprint density at radius 2 is 1.90 bits per heavy atom. The van der Waals surface area contributed by atoms with Crippen molar-refractivity contribution in [2.75, 3.05) is 6.61 Å². The topological polar surface area (TPSA) is 29.5 Å². The van der Waals surface area contributed by atoms with Gasteiger partial charge in [0.1, 0.15) is 0 Å². The van der Waals surface area contributed by atoms with Gasteiger partial charge in [0.15, 0.2) is 8.32 Å². The van der Waals surface area contributed by atoms with Crippen molar-refractivity contribution >= 4 is 8.32 Å². The van der Waals surface area contributed by atoms with Crippen LogP contribution in [0.15, 0.2) is 35.5 Å². The average molecular weight is 445 g/mol. The third-order valence-corrected chi connectivity index (χ3v) is 14.0. The second-order valence-electron chi connectivity index (χ2n) is 12.5. The van der Waals surface area contributed by atoms with Gasteiger partial charge < -0.3 is 9.53 Å². The first-order valence-electron chi connectivity index (χ1n) is 12.8. The average Bonchev–Trinajstić information content (AvgIpc) is 3.04. The van der Waals surface area contributed by atoms with E-state index in [0.29, 0.717) is 35.9 Å². The van der Waals surface area contributed by atoms with Crippen LogP contribution in [0.2, 0.25) is 18.1 Å². The summed E-state index contributed by atoms with van der Waals surface area (Å²) in [6.45, 7) is 21.2. The second-order valence-corrected chi connectivity index (χ2v) is 17.3. The fourth-order valence-corrected chi connectivity index (χ4v) is 7.80. The first-order valence-corrected chi connectivity index (χ1v) is 15.7. The van der Waals surface area contributed by atoms with Gasteiger partial charge >= 0.3 is 0 Å². The number of fused-ring (bicyclic) bond motifs is 1. The van der Waals surface area contributed by atoms with E-state index in [2.05, 4.69) is 66.4 Å². The number of aliphatic hydroxyl groups is 1. The lowest BCUT2D eigenvalue weighted by atomic mass is 9.61. The molecule has 0 aliphatic heterocycles. The molecule has 3 fully saturated rings. The standard InChI is InChI=1S/C28H48O2Si/c1-20-11-14-24(30-31(7,8)27(3,4)5)18-23(20)13-12-22-10-9-17-28(6)25(21(2)19-29)15-16-26(22)28/h12-13,21,24-26,29H,1,9-11,14-19H2,2-8H3/t21?,24?,25?,26?,28-/m1/s1. The third-order valence-electron chi connectivity index (χ3n) is 9.45. The van der Waals surface area contributed by atoms with Crippen LogP contribution < -0.4 is 0 Å². The maximum Gasteiger partial charge on any atom is 0.192 e. The summed E-state index contributed by atoms with van der Waals surface area (Å²) < 4.78 is 6.76. The molecule has 3 aliphatic rings. The molecule has 0 heterocycles. The molecule has 0 amide bonds. The van der Waals surface area contributed by atoms with E-state index in [9.17, 15) is 5.11 Å². The fourth-order valence-electron chi connectivity index (χ4n) is 6.42. The molecule has 0 saturated heterocycles. The smallest absolute Gasteiger partial charge is 0.192 e. The van der Waals surface area contributed by atoms with Crippen molar-refractivity contribution in [1.82, 2.24) is 0 Å². The van der Waals surface area contributed by atoms with E-state index in [0.717, 1.165) is 19.3 Å². The largest absolute Gasteiger partial charge is 0.414 e. The summed E-state index contributed by atoms with van der Waals surface area (Å²) in [5.41, 5.74) is 4.73. The molecule has 0 bridgehead atoms. The number of rotatable bonds is 5. The van der Waals surface area contributed by atoms with Gasteiger partial charge in [0, 0.05) is 12.7 Å². The van der Waals surface area contributed by atoms with E-state index in [1.54, 1.807) is 5.57 Å². The molecule has 0 aromatic carbocycles. The molecule has 4 unspecified atom stereocenters. The van der Waals surface area contributed by atoms with Crippen molar-refractivity contribution in [2.45, 2.75) is 110 Å². The van der Waals surface area contributed by atoms with Gasteiger partial charge in [-0.05, 0) is 98.2 Å². The van der Waals surface area contributed by atoms with Crippen LogP contribution in [0.4, 0.5) is 0 Å². The Morgan fingerprint density at radius 3 is 2.55 bits per heavy atom. The molecule has 176 valence electrons. The number of hydrogen-bond acceptors (Lipinski definition) is 2. The van der Waals surface area contributed by atoms with Crippen LogP contribution in [0.5, 0.6) is 0 Å². The molecular weight excluding hydrogens is 396 g/mol. The van der Waals surface area contributed by atoms with Crippen molar-refractivity contribution in [3.05, 3.63) is 35.5 Å². The van der Waals surface area contributed by atoms with Crippen molar-refractivity contribution in [3.63, 3.8) is 0 Å². The molecule has 0 aromatic heterocycles. The lowest BCUT2D eigenvalue weighted by Crippen LogP contribution is -2.44. The molecule has 1 N–H and O–H groups in total. The van der Waals surface area contributed by atoms with Crippen molar-refractivity contribution in [2.24, 2.45) is 23.2 Å². The molecule has 3 rings (SSSR count). The van der Waals surface area contributed by atoms with E-state index in [1.807, 2.05) is 0 Å². The highest BCUT2D eigenvalue weighted by Gasteiger charge is 2.50. The zero-order chi connectivity index (χ0) is 23.0. The Hall–Kier alpha value is -0.643. The molecule has 0 aromatic rings. The lowest BCUT2D eigenvalue weighted by Gasteiger charge is -2.44. The molecule has 2 nitrogen and oxygen atoms in total. The first kappa shape index (κ1) is 25.0. The first-order chi connectivity index (χ1) is 14.4. The van der Waals surface area contributed by atoms with Crippen molar-refractivity contribution in [1.29, 1.82) is 0 Å². The van der Waals surface area contributed by atoms with Gasteiger partial charge in [-0.25, -0.2) is 0 Å². The number of allylic oxidation sites excluding steroid dienone is 4. The molecule has 5 atom stereocenters. The molecular formula is C28H48O2Si. The normalized spacial score (nSPS) is 36.1. The molecule has 0 spiro atoms. The van der Waals surface area contributed by atoms with Crippen molar-refractivity contribution in [3.8, 4) is 0 Å². The van der Waals surface area contributed by atoms with Gasteiger partial charge in [-0.3, -0.25) is 0 Å². The van der Waals surface area contributed by atoms with Crippen LogP contribution in [0.1, 0.15) is 86.0 Å². The molecule has 3 heteroatoms. The predicted octanol–water partition coefficient (Wildman–Crippen LogP) is 7.81. The SMILES string of the molecule is C=C1CCC(O[Si](C)(C)C(C)(C)C)CC1=CC=C1CCC[C@@]2(C)C1CCC2C(C)CO. The summed E-state index contributed by atoms with van der Waals surface area (Å²) >= 11 is 0. The summed E-state index contributed by atoms with van der Waals surface area (Å²) in [6, 6.07) is 0. The summed E-state index contributed by atoms with van der Waals surface area (Å²) in [6.07, 6.45) is 14.8. The highest BCUT2D eigenvalue weighted by atomic mass is 28.4. The zero-order valence-electron chi connectivity index (χ0n) is 21.4. The van der Waals surface area contributed by atoms with E-state index in [1.165, 1.54) is 43.3 Å². The fraction of sp³-hybridized carbons (Fsp3) is 0.786. The summed E-state index contributed by atoms with van der Waals surface area (Å²) in [5, 5.41) is 10.0. The Labute approximate surface area is 193 Å². The van der Waals surface area contributed by atoms with E-state index >= 15 is 0 Å². The van der Waals surface area contributed by atoms with Gasteiger partial charge in [0.2, 0.25) is 0 Å². The molecule has 31 heavy (non-hydrogen) atoms. The number of aliphatic hydroxyl groups excluding tert-OH is 1. The van der Waals surface area contributed by atoms with Crippen LogP contribution in [-0.2, 0) is 4.43 Å². The summed E-state index contributed by atoms with van der Waals surface area (Å²) in [7, 11) is -1.74. The highest BCUT2D eigenvalue weighted by molar-refractivity contribution is 6.74. The molecule has 0 radical (unpaired) electrons. The minimum Gasteiger partial charge on any atom is -0.414 e. The quantitative estimate of drug-likeness (QED) is 0.438. The van der Waals surface area contributed by atoms with Gasteiger partial charge in [0.25, 0.3) is 0 Å². The highest BCUT2D eigenvalue weighted by Crippen LogP contribution is 2.59. The van der Waals surface area contributed by atoms with Crippen LogP contribution in [0.25, 0.3) is 0 Å². The number of hydrogen-bond donors (Lipinski definition) is 1. The van der Waals surface area contributed by atoms with E-state index in [4.69, 9.17) is 4.43 Å². The van der Waals surface area contributed by atoms with Crippen LogP contribution in [0.3, 0.4) is 0 Å². The van der Waals surface area contributed by atoms with Gasteiger partial charge in [-0.2, -0.15) is 0 Å². The van der Waals surface area contributed by atoms with Crippen LogP contribution in [-0.4, -0.2) is 26.1 Å². The Kier molecular flexibility index (Phi) is 7.50. The Morgan fingerprint density at radius 1 is 1.19 bits per heavy atom.